The molecule has 1 saturated heterocycles. The van der Waals surface area contributed by atoms with Gasteiger partial charge in [0.25, 0.3) is 5.91 Å². The summed E-state index contributed by atoms with van der Waals surface area (Å²) in [6, 6.07) is 7.08. The fourth-order valence-corrected chi connectivity index (χ4v) is 4.66. The summed E-state index contributed by atoms with van der Waals surface area (Å²) in [4.78, 5) is 25.3. The molecule has 4 aromatic rings. The van der Waals surface area contributed by atoms with Crippen molar-refractivity contribution in [1.29, 1.82) is 0 Å². The molecule has 8 nitrogen and oxygen atoms in total. The van der Waals surface area contributed by atoms with Gasteiger partial charge in [-0.25, -0.2) is 15.0 Å². The number of nitrogens with zero attached hydrogens (tertiary/aromatic N) is 5. The molecule has 0 atom stereocenters. The van der Waals surface area contributed by atoms with Crippen molar-refractivity contribution in [3.8, 4) is 0 Å². The molecule has 5 heterocycles. The van der Waals surface area contributed by atoms with E-state index in [1.807, 2.05) is 23.9 Å². The van der Waals surface area contributed by atoms with Gasteiger partial charge < -0.3 is 14.5 Å². The largest absolute Gasteiger partial charge is 0.339 e. The van der Waals surface area contributed by atoms with Crippen LogP contribution < -0.4 is 10.6 Å². The summed E-state index contributed by atoms with van der Waals surface area (Å²) < 4.78 is 17.3. The van der Waals surface area contributed by atoms with Crippen LogP contribution in [-0.2, 0) is 6.54 Å². The average Bonchev–Trinajstić information content (AvgIpc) is 3.60. The Morgan fingerprint density at radius 3 is 2.94 bits per heavy atom. The number of carbonyl (C=O) groups is 1. The van der Waals surface area contributed by atoms with Gasteiger partial charge in [-0.3, -0.25) is 10.1 Å². The highest BCUT2D eigenvalue weighted by atomic mass is 32.1. The third-order valence-corrected chi connectivity index (χ3v) is 6.50. The summed E-state index contributed by atoms with van der Waals surface area (Å²) in [7, 11) is 0. The standard InChI is InChI=1S/C24H24FN7OS/c25-22-12-17(5-10-27-22)13-31-11-1-2-21(31)23(33)30-24-29-19(15-34-24)4-3-18-14-32(16-28-18)20-6-8-26-9-7-20/h1-5,10-12,14-16,20,26H,6-9,13H2,(H,29,30,33)/b4-3+. The third-order valence-electron chi connectivity index (χ3n) is 5.73. The molecule has 0 radical (unpaired) electrons. The molecule has 174 valence electrons. The SMILES string of the molecule is O=C(Nc1nc(/C=C/c2cn(C3CCNCC3)cn2)cs1)c1cccn1Cc1ccnc(F)c1. The lowest BCUT2D eigenvalue weighted by Gasteiger charge is -2.23. The highest BCUT2D eigenvalue weighted by Crippen LogP contribution is 2.21. The molecule has 10 heteroatoms. The van der Waals surface area contributed by atoms with E-state index in [-0.39, 0.29) is 5.91 Å². The second-order valence-electron chi connectivity index (χ2n) is 8.10. The molecule has 2 N–H and O–H groups in total. The van der Waals surface area contributed by atoms with Gasteiger partial charge in [0.05, 0.1) is 17.7 Å². The fourth-order valence-electron chi connectivity index (χ4n) is 3.99. The maximum atomic E-state index is 13.4. The molecule has 34 heavy (non-hydrogen) atoms. The van der Waals surface area contributed by atoms with E-state index >= 15 is 0 Å². The number of piperidine rings is 1. The second-order valence-corrected chi connectivity index (χ2v) is 8.96. The van der Waals surface area contributed by atoms with Crippen LogP contribution in [0.3, 0.4) is 0 Å². The zero-order valence-electron chi connectivity index (χ0n) is 18.4. The predicted octanol–water partition coefficient (Wildman–Crippen LogP) is 4.07. The number of amides is 1. The summed E-state index contributed by atoms with van der Waals surface area (Å²) in [5.41, 5.74) is 2.82. The number of thiazole rings is 1. The Morgan fingerprint density at radius 1 is 1.24 bits per heavy atom. The van der Waals surface area contributed by atoms with Gasteiger partial charge in [-0.1, -0.05) is 0 Å². The van der Waals surface area contributed by atoms with Crippen LogP contribution in [0.5, 0.6) is 0 Å². The molecule has 0 saturated carbocycles. The molecule has 1 fully saturated rings. The van der Waals surface area contributed by atoms with E-state index in [9.17, 15) is 9.18 Å². The summed E-state index contributed by atoms with van der Waals surface area (Å²) in [6.45, 7) is 2.44. The zero-order chi connectivity index (χ0) is 23.3. The second kappa shape index (κ2) is 10.1. The molecule has 1 amide bonds. The minimum Gasteiger partial charge on any atom is -0.339 e. The van der Waals surface area contributed by atoms with Crippen molar-refractivity contribution in [2.45, 2.75) is 25.4 Å². The molecular formula is C24H24FN7OS. The van der Waals surface area contributed by atoms with Gasteiger partial charge in [0.1, 0.15) is 5.69 Å². The van der Waals surface area contributed by atoms with Gasteiger partial charge in [0, 0.05) is 36.6 Å². The van der Waals surface area contributed by atoms with Crippen molar-refractivity contribution in [3.05, 3.63) is 83.2 Å². The number of carbonyl (C=O) groups excluding carboxylic acids is 1. The fraction of sp³-hybridized carbons (Fsp3) is 0.250. The smallest absolute Gasteiger partial charge is 0.274 e. The first-order chi connectivity index (χ1) is 16.6. The number of imidazole rings is 1. The van der Waals surface area contributed by atoms with Crippen LogP contribution in [-0.4, -0.2) is 43.1 Å². The number of hydrogen-bond donors (Lipinski definition) is 2. The predicted molar refractivity (Wildman–Crippen MR) is 130 cm³/mol. The first kappa shape index (κ1) is 22.2. The quantitative estimate of drug-likeness (QED) is 0.392. The van der Waals surface area contributed by atoms with E-state index in [1.54, 1.807) is 29.0 Å². The number of pyridine rings is 1. The molecule has 0 bridgehead atoms. The van der Waals surface area contributed by atoms with Gasteiger partial charge in [0.15, 0.2) is 5.13 Å². The Labute approximate surface area is 200 Å². The van der Waals surface area contributed by atoms with Crippen molar-refractivity contribution < 1.29 is 9.18 Å². The van der Waals surface area contributed by atoms with Crippen molar-refractivity contribution in [2.24, 2.45) is 0 Å². The Kier molecular flexibility index (Phi) is 6.59. The summed E-state index contributed by atoms with van der Waals surface area (Å²) >= 11 is 1.36. The molecule has 0 aromatic carbocycles. The molecule has 1 aliphatic rings. The van der Waals surface area contributed by atoms with Crippen LogP contribution in [0, 0.1) is 5.95 Å². The van der Waals surface area contributed by atoms with E-state index in [2.05, 4.69) is 36.3 Å². The van der Waals surface area contributed by atoms with Crippen LogP contribution in [0.1, 0.15) is 46.3 Å². The van der Waals surface area contributed by atoms with Gasteiger partial charge in [-0.05, 0) is 67.9 Å². The summed E-state index contributed by atoms with van der Waals surface area (Å²) in [5.74, 6) is -0.817. The number of hydrogen-bond acceptors (Lipinski definition) is 6. The van der Waals surface area contributed by atoms with Crippen molar-refractivity contribution in [2.75, 3.05) is 18.4 Å². The minimum atomic E-state index is -0.544. The van der Waals surface area contributed by atoms with Crippen molar-refractivity contribution in [3.63, 3.8) is 0 Å². The van der Waals surface area contributed by atoms with E-state index < -0.39 is 5.95 Å². The van der Waals surface area contributed by atoms with Gasteiger partial charge >= 0.3 is 0 Å². The molecular weight excluding hydrogens is 453 g/mol. The van der Waals surface area contributed by atoms with Crippen LogP contribution >= 0.6 is 11.3 Å². The molecule has 0 aliphatic carbocycles. The number of rotatable bonds is 7. The van der Waals surface area contributed by atoms with Crippen molar-refractivity contribution in [1.82, 2.24) is 29.4 Å². The van der Waals surface area contributed by atoms with Gasteiger partial charge in [0.2, 0.25) is 5.95 Å². The molecule has 5 rings (SSSR count). The van der Waals surface area contributed by atoms with Gasteiger partial charge in [-0.2, -0.15) is 4.39 Å². The highest BCUT2D eigenvalue weighted by Gasteiger charge is 2.15. The topological polar surface area (TPSA) is 89.7 Å². The number of anilines is 1. The molecule has 0 unspecified atom stereocenters. The van der Waals surface area contributed by atoms with Crippen LogP contribution in [0.4, 0.5) is 9.52 Å². The number of halogens is 1. The minimum absolute atomic E-state index is 0.273. The normalized spacial score (nSPS) is 14.6. The first-order valence-corrected chi connectivity index (χ1v) is 12.0. The summed E-state index contributed by atoms with van der Waals surface area (Å²) in [5, 5.41) is 8.62. The Balaban J connectivity index is 1.21. The van der Waals surface area contributed by atoms with E-state index in [4.69, 9.17) is 0 Å². The lowest BCUT2D eigenvalue weighted by molar-refractivity contribution is 0.101. The third kappa shape index (κ3) is 5.29. The Morgan fingerprint density at radius 2 is 2.09 bits per heavy atom. The lowest BCUT2D eigenvalue weighted by atomic mass is 10.1. The molecule has 4 aromatic heterocycles. The lowest BCUT2D eigenvalue weighted by Crippen LogP contribution is -2.28. The van der Waals surface area contributed by atoms with Crippen LogP contribution in [0.2, 0.25) is 0 Å². The number of aromatic nitrogens is 5. The average molecular weight is 478 g/mol. The zero-order valence-corrected chi connectivity index (χ0v) is 19.2. The maximum Gasteiger partial charge on any atom is 0.274 e. The highest BCUT2D eigenvalue weighted by molar-refractivity contribution is 7.14. The first-order valence-electron chi connectivity index (χ1n) is 11.1. The van der Waals surface area contributed by atoms with E-state index in [1.165, 1.54) is 23.6 Å². The maximum absolute atomic E-state index is 13.4. The van der Waals surface area contributed by atoms with E-state index in [0.717, 1.165) is 42.9 Å². The van der Waals surface area contributed by atoms with E-state index in [0.29, 0.717) is 23.4 Å². The molecule has 0 spiro atoms. The molecule has 1 aliphatic heterocycles. The number of nitrogens with one attached hydrogen (secondary N) is 2. The monoisotopic (exact) mass is 477 g/mol. The van der Waals surface area contributed by atoms with Crippen LogP contribution in [0.15, 0.2) is 54.6 Å². The van der Waals surface area contributed by atoms with Crippen LogP contribution in [0.25, 0.3) is 12.2 Å². The Bertz CT molecular complexity index is 1300. The van der Waals surface area contributed by atoms with Gasteiger partial charge in [-0.15, -0.1) is 11.3 Å². The van der Waals surface area contributed by atoms with Crippen molar-refractivity contribution >= 4 is 34.5 Å². The Hall–Kier alpha value is -3.63. The summed E-state index contributed by atoms with van der Waals surface area (Å²) in [6.07, 6.45) is 13.2.